The van der Waals surface area contributed by atoms with Gasteiger partial charge in [0.05, 0.1) is 12.2 Å². The average Bonchev–Trinajstić information content (AvgIpc) is 3.60. The molecule has 2 fully saturated rings. The maximum Gasteiger partial charge on any atom is 0.272 e. The lowest BCUT2D eigenvalue weighted by atomic mass is 10.1. The molecule has 2 aliphatic heterocycles. The second kappa shape index (κ2) is 9.10. The monoisotopic (exact) mass is 444 g/mol. The first-order valence-corrected chi connectivity index (χ1v) is 11.5. The highest BCUT2D eigenvalue weighted by Crippen LogP contribution is 2.28. The Labute approximate surface area is 193 Å². The van der Waals surface area contributed by atoms with Gasteiger partial charge in [0.1, 0.15) is 23.6 Å². The van der Waals surface area contributed by atoms with Crippen molar-refractivity contribution in [1.29, 1.82) is 0 Å². The van der Waals surface area contributed by atoms with Crippen molar-refractivity contribution in [3.63, 3.8) is 0 Å². The number of hydrogen-bond acceptors (Lipinski definition) is 4. The van der Waals surface area contributed by atoms with Gasteiger partial charge < -0.3 is 14.5 Å². The minimum Gasteiger partial charge on any atom is -0.488 e. The van der Waals surface area contributed by atoms with Gasteiger partial charge in [-0.1, -0.05) is 48.0 Å². The number of aromatic amines is 1. The summed E-state index contributed by atoms with van der Waals surface area (Å²) in [6.07, 6.45) is 2.26. The number of nitrogens with one attached hydrogen (secondary N) is 1. The van der Waals surface area contributed by atoms with E-state index in [1.807, 2.05) is 66.4 Å². The topological polar surface area (TPSA) is 78.5 Å². The summed E-state index contributed by atoms with van der Waals surface area (Å²) in [4.78, 5) is 30.3. The highest BCUT2D eigenvalue weighted by Gasteiger charge is 2.43. The van der Waals surface area contributed by atoms with Crippen molar-refractivity contribution < 1.29 is 14.3 Å². The van der Waals surface area contributed by atoms with Gasteiger partial charge in [-0.15, -0.1) is 0 Å². The van der Waals surface area contributed by atoms with Gasteiger partial charge in [0, 0.05) is 25.1 Å². The van der Waals surface area contributed by atoms with E-state index < -0.39 is 6.04 Å². The van der Waals surface area contributed by atoms with Crippen LogP contribution in [0.15, 0.2) is 60.7 Å². The SMILES string of the molecule is Cc1ccc(-c2cc(C(=O)N3C[C@@H](Oc4ccccc4)C[C@H]3C(=O)N3CCCC3)[nH]n2)cc1. The number of nitrogens with zero attached hydrogens (tertiary/aromatic N) is 3. The van der Waals surface area contributed by atoms with E-state index in [-0.39, 0.29) is 17.9 Å². The number of aromatic nitrogens is 2. The normalized spacial score (nSPS) is 20.3. The van der Waals surface area contributed by atoms with Crippen LogP contribution in [0.3, 0.4) is 0 Å². The molecule has 3 heterocycles. The second-order valence-corrected chi connectivity index (χ2v) is 8.83. The van der Waals surface area contributed by atoms with Crippen LogP contribution in [0.4, 0.5) is 0 Å². The zero-order valence-electron chi connectivity index (χ0n) is 18.7. The van der Waals surface area contributed by atoms with Crippen LogP contribution in [-0.4, -0.2) is 63.6 Å². The molecule has 7 nitrogen and oxygen atoms in total. The molecule has 2 atom stereocenters. The third-order valence-corrected chi connectivity index (χ3v) is 6.43. The Bertz CT molecular complexity index is 1120. The molecule has 0 aliphatic carbocycles. The number of aryl methyl sites for hydroxylation is 1. The fourth-order valence-electron chi connectivity index (χ4n) is 4.64. The number of carbonyl (C=O) groups is 2. The van der Waals surface area contributed by atoms with E-state index in [2.05, 4.69) is 10.2 Å². The number of likely N-dealkylation sites (tertiary alicyclic amines) is 2. The third-order valence-electron chi connectivity index (χ3n) is 6.43. The highest BCUT2D eigenvalue weighted by molar-refractivity contribution is 5.97. The second-order valence-electron chi connectivity index (χ2n) is 8.83. The summed E-state index contributed by atoms with van der Waals surface area (Å²) in [5.74, 6) is 0.531. The molecule has 0 bridgehead atoms. The molecular formula is C26H28N4O3. The van der Waals surface area contributed by atoms with E-state index in [1.54, 1.807) is 11.0 Å². The highest BCUT2D eigenvalue weighted by atomic mass is 16.5. The molecule has 1 aromatic heterocycles. The van der Waals surface area contributed by atoms with Crippen LogP contribution >= 0.6 is 0 Å². The van der Waals surface area contributed by atoms with E-state index >= 15 is 0 Å². The third kappa shape index (κ3) is 4.49. The van der Waals surface area contributed by atoms with Crippen molar-refractivity contribution in [3.8, 4) is 17.0 Å². The first-order chi connectivity index (χ1) is 16.1. The molecule has 33 heavy (non-hydrogen) atoms. The number of para-hydroxylation sites is 1. The minimum atomic E-state index is -0.532. The van der Waals surface area contributed by atoms with Crippen LogP contribution < -0.4 is 4.74 Å². The molecule has 0 spiro atoms. The first kappa shape index (κ1) is 21.2. The van der Waals surface area contributed by atoms with E-state index in [0.717, 1.165) is 42.8 Å². The smallest absolute Gasteiger partial charge is 0.272 e. The Morgan fingerprint density at radius 2 is 1.76 bits per heavy atom. The van der Waals surface area contributed by atoms with Crippen molar-refractivity contribution >= 4 is 11.8 Å². The van der Waals surface area contributed by atoms with Gasteiger partial charge in [0.2, 0.25) is 5.91 Å². The number of benzene rings is 2. The molecule has 7 heteroatoms. The van der Waals surface area contributed by atoms with Gasteiger partial charge in [-0.25, -0.2) is 0 Å². The van der Waals surface area contributed by atoms with Crippen LogP contribution in [0.2, 0.25) is 0 Å². The lowest BCUT2D eigenvalue weighted by Crippen LogP contribution is -2.47. The van der Waals surface area contributed by atoms with E-state index in [4.69, 9.17) is 4.74 Å². The van der Waals surface area contributed by atoms with Crippen LogP contribution in [0.1, 0.15) is 35.3 Å². The Balaban J connectivity index is 1.37. The summed E-state index contributed by atoms with van der Waals surface area (Å²) in [5.41, 5.74) is 3.19. The lowest BCUT2D eigenvalue weighted by molar-refractivity contribution is -0.134. The summed E-state index contributed by atoms with van der Waals surface area (Å²) >= 11 is 0. The Morgan fingerprint density at radius 1 is 1.03 bits per heavy atom. The summed E-state index contributed by atoms with van der Waals surface area (Å²) in [6, 6.07) is 18.8. The van der Waals surface area contributed by atoms with Crippen LogP contribution in [0.25, 0.3) is 11.3 Å². The van der Waals surface area contributed by atoms with E-state index in [1.165, 1.54) is 0 Å². The van der Waals surface area contributed by atoms with Crippen LogP contribution in [0.5, 0.6) is 5.75 Å². The van der Waals surface area contributed by atoms with Crippen LogP contribution in [-0.2, 0) is 4.79 Å². The molecule has 2 saturated heterocycles. The maximum atomic E-state index is 13.5. The largest absolute Gasteiger partial charge is 0.488 e. The van der Waals surface area contributed by atoms with Gasteiger partial charge in [-0.3, -0.25) is 14.7 Å². The minimum absolute atomic E-state index is 0.0123. The maximum absolute atomic E-state index is 13.5. The van der Waals surface area contributed by atoms with E-state index in [0.29, 0.717) is 24.4 Å². The molecule has 1 N–H and O–H groups in total. The number of amides is 2. The van der Waals surface area contributed by atoms with Crippen molar-refractivity contribution in [2.45, 2.75) is 38.3 Å². The summed E-state index contributed by atoms with van der Waals surface area (Å²) in [5, 5.41) is 7.23. The van der Waals surface area contributed by atoms with Crippen molar-refractivity contribution in [3.05, 3.63) is 71.9 Å². The molecule has 5 rings (SSSR count). The number of H-pyrrole nitrogens is 1. The van der Waals surface area contributed by atoms with E-state index in [9.17, 15) is 9.59 Å². The van der Waals surface area contributed by atoms with Crippen molar-refractivity contribution in [1.82, 2.24) is 20.0 Å². The molecule has 2 amide bonds. The lowest BCUT2D eigenvalue weighted by Gasteiger charge is -2.26. The Kier molecular flexibility index (Phi) is 5.86. The van der Waals surface area contributed by atoms with Gasteiger partial charge >= 0.3 is 0 Å². The fourth-order valence-corrected chi connectivity index (χ4v) is 4.64. The fraction of sp³-hybridized carbons (Fsp3) is 0.346. The van der Waals surface area contributed by atoms with Gasteiger partial charge in [0.15, 0.2) is 0 Å². The summed E-state index contributed by atoms with van der Waals surface area (Å²) in [6.45, 7) is 3.89. The van der Waals surface area contributed by atoms with Crippen molar-refractivity contribution in [2.24, 2.45) is 0 Å². The number of ether oxygens (including phenoxy) is 1. The molecule has 0 radical (unpaired) electrons. The number of carbonyl (C=O) groups excluding carboxylic acids is 2. The molecule has 2 aliphatic rings. The molecule has 0 saturated carbocycles. The quantitative estimate of drug-likeness (QED) is 0.651. The van der Waals surface area contributed by atoms with Gasteiger partial charge in [0.25, 0.3) is 5.91 Å². The summed E-state index contributed by atoms with van der Waals surface area (Å²) in [7, 11) is 0. The van der Waals surface area contributed by atoms with Crippen molar-refractivity contribution in [2.75, 3.05) is 19.6 Å². The predicted octanol–water partition coefficient (Wildman–Crippen LogP) is 3.67. The Morgan fingerprint density at radius 3 is 2.48 bits per heavy atom. The molecule has 0 unspecified atom stereocenters. The van der Waals surface area contributed by atoms with Gasteiger partial charge in [-0.2, -0.15) is 5.10 Å². The molecule has 3 aromatic rings. The van der Waals surface area contributed by atoms with Crippen LogP contribution in [0, 0.1) is 6.92 Å². The summed E-state index contributed by atoms with van der Waals surface area (Å²) < 4.78 is 6.13. The molecule has 170 valence electrons. The number of rotatable bonds is 5. The number of hydrogen-bond donors (Lipinski definition) is 1. The molecule has 2 aromatic carbocycles. The van der Waals surface area contributed by atoms with Gasteiger partial charge in [-0.05, 0) is 38.0 Å². The Hall–Kier alpha value is -3.61. The zero-order chi connectivity index (χ0) is 22.8. The first-order valence-electron chi connectivity index (χ1n) is 11.5. The predicted molar refractivity (Wildman–Crippen MR) is 125 cm³/mol. The standard InChI is InChI=1S/C26H28N4O3/c1-18-9-11-19(12-10-18)22-16-23(28-27-22)25(31)30-17-21(33-20-7-3-2-4-8-20)15-24(30)26(32)29-13-5-6-14-29/h2-4,7-12,16,21,24H,5-6,13-15,17H2,1H3,(H,27,28)/t21-,24-/m0/s1. The average molecular weight is 445 g/mol. The molecular weight excluding hydrogens is 416 g/mol. The zero-order valence-corrected chi connectivity index (χ0v) is 18.7.